The predicted octanol–water partition coefficient (Wildman–Crippen LogP) is 2.55. The lowest BCUT2D eigenvalue weighted by atomic mass is 9.91. The number of hydrogen-bond donors (Lipinski definition) is 1. The number of hydrogen-bond acceptors (Lipinski definition) is 4. The summed E-state index contributed by atoms with van der Waals surface area (Å²) in [6.07, 6.45) is 1.86. The van der Waals surface area contributed by atoms with Crippen molar-refractivity contribution >= 4 is 22.9 Å². The number of carbonyl (C=O) groups excluding carboxylic acids is 2. The molecule has 1 aliphatic heterocycles. The Morgan fingerprint density at radius 2 is 1.86 bits per heavy atom. The Labute approximate surface area is 164 Å². The molecule has 0 aliphatic carbocycles. The number of likely N-dealkylation sites (tertiary alicyclic amines) is 1. The minimum atomic E-state index is -0.395. The smallest absolute Gasteiger partial charge is 0.326 e. The van der Waals surface area contributed by atoms with E-state index in [0.29, 0.717) is 38.9 Å². The number of para-hydroxylation sites is 2. The predicted molar refractivity (Wildman–Crippen MR) is 107 cm³/mol. The van der Waals surface area contributed by atoms with E-state index in [-0.39, 0.29) is 30.1 Å². The molecule has 7 nitrogen and oxygen atoms in total. The van der Waals surface area contributed by atoms with E-state index in [4.69, 9.17) is 4.74 Å². The lowest BCUT2D eigenvalue weighted by Gasteiger charge is -2.34. The Hall–Kier alpha value is -2.57. The van der Waals surface area contributed by atoms with Crippen LogP contribution in [0, 0.1) is 11.3 Å². The summed E-state index contributed by atoms with van der Waals surface area (Å²) in [5.74, 6) is -0.225. The van der Waals surface area contributed by atoms with Crippen molar-refractivity contribution in [2.75, 3.05) is 19.7 Å². The van der Waals surface area contributed by atoms with Crippen LogP contribution in [0.5, 0.6) is 0 Å². The maximum absolute atomic E-state index is 12.3. The van der Waals surface area contributed by atoms with E-state index in [1.165, 1.54) is 0 Å². The third-order valence-electron chi connectivity index (χ3n) is 5.21. The van der Waals surface area contributed by atoms with Gasteiger partial charge in [-0.1, -0.05) is 32.9 Å². The van der Waals surface area contributed by atoms with Gasteiger partial charge in [-0.2, -0.15) is 0 Å². The number of esters is 1. The van der Waals surface area contributed by atoms with E-state index in [0.717, 1.165) is 11.0 Å². The van der Waals surface area contributed by atoms with Gasteiger partial charge in [0.2, 0.25) is 5.91 Å². The number of nitrogens with one attached hydrogen (secondary N) is 1. The highest BCUT2D eigenvalue weighted by atomic mass is 16.5. The first-order chi connectivity index (χ1) is 13.3. The molecule has 1 aromatic heterocycles. The van der Waals surface area contributed by atoms with Crippen LogP contribution >= 0.6 is 0 Å². The van der Waals surface area contributed by atoms with Crippen LogP contribution in [0.4, 0.5) is 0 Å². The fourth-order valence-corrected chi connectivity index (χ4v) is 3.63. The maximum atomic E-state index is 12.3. The van der Waals surface area contributed by atoms with Crippen molar-refractivity contribution in [2.24, 2.45) is 11.3 Å². The summed E-state index contributed by atoms with van der Waals surface area (Å²) < 4.78 is 7.09. The average molecular weight is 387 g/mol. The van der Waals surface area contributed by atoms with Gasteiger partial charge in [-0.25, -0.2) is 4.79 Å². The first kappa shape index (κ1) is 20.2. The lowest BCUT2D eigenvalue weighted by Crippen LogP contribution is -2.45. The Bertz CT molecular complexity index is 898. The fraction of sp³-hybridized carbons (Fsp3) is 0.571. The fourth-order valence-electron chi connectivity index (χ4n) is 3.63. The van der Waals surface area contributed by atoms with Crippen molar-refractivity contribution in [3.63, 3.8) is 0 Å². The zero-order valence-corrected chi connectivity index (χ0v) is 16.9. The van der Waals surface area contributed by atoms with Crippen molar-refractivity contribution in [3.05, 3.63) is 34.7 Å². The lowest BCUT2D eigenvalue weighted by molar-refractivity contribution is -0.153. The van der Waals surface area contributed by atoms with Crippen LogP contribution in [0.2, 0.25) is 0 Å². The van der Waals surface area contributed by atoms with Crippen LogP contribution in [-0.2, 0) is 20.9 Å². The largest absolute Gasteiger partial charge is 0.465 e. The van der Waals surface area contributed by atoms with Crippen LogP contribution in [0.1, 0.15) is 40.0 Å². The van der Waals surface area contributed by atoms with Crippen molar-refractivity contribution in [1.82, 2.24) is 14.5 Å². The van der Waals surface area contributed by atoms with E-state index in [2.05, 4.69) is 4.98 Å². The minimum absolute atomic E-state index is 0.128. The number of rotatable bonds is 5. The standard InChI is InChI=1S/C21H29N3O4/c1-21(2,3)19(26)23-12-9-15(10-13-23)18(25)28-14-6-11-24-17-8-5-4-7-16(17)22-20(24)27/h4-5,7-8,15H,6,9-14H2,1-3H3,(H,22,27). The Morgan fingerprint density at radius 3 is 2.54 bits per heavy atom. The molecule has 1 aliphatic rings. The number of imidazole rings is 1. The number of nitrogens with zero attached hydrogens (tertiary/aromatic N) is 2. The topological polar surface area (TPSA) is 84.4 Å². The second kappa shape index (κ2) is 8.20. The number of aryl methyl sites for hydroxylation is 1. The van der Waals surface area contributed by atoms with E-state index in [1.54, 1.807) is 4.57 Å². The highest BCUT2D eigenvalue weighted by Gasteiger charge is 2.32. The van der Waals surface area contributed by atoms with Crippen molar-refractivity contribution in [3.8, 4) is 0 Å². The number of ether oxygens (including phenoxy) is 1. The number of fused-ring (bicyclic) bond motifs is 1. The number of aromatic nitrogens is 2. The number of benzene rings is 1. The van der Waals surface area contributed by atoms with Gasteiger partial charge in [-0.15, -0.1) is 0 Å². The van der Waals surface area contributed by atoms with Gasteiger partial charge in [0.25, 0.3) is 0 Å². The normalized spacial score (nSPS) is 15.8. The molecule has 1 amide bonds. The van der Waals surface area contributed by atoms with Gasteiger partial charge >= 0.3 is 11.7 Å². The van der Waals surface area contributed by atoms with E-state index < -0.39 is 5.41 Å². The Morgan fingerprint density at radius 1 is 1.18 bits per heavy atom. The Kier molecular flexibility index (Phi) is 5.91. The molecule has 0 spiro atoms. The average Bonchev–Trinajstić information content (AvgIpc) is 2.99. The molecule has 1 N–H and O–H groups in total. The quantitative estimate of drug-likeness (QED) is 0.631. The number of H-pyrrole nitrogens is 1. The maximum Gasteiger partial charge on any atom is 0.326 e. The molecule has 1 fully saturated rings. The molecule has 0 unspecified atom stereocenters. The van der Waals surface area contributed by atoms with Crippen LogP contribution in [-0.4, -0.2) is 46.0 Å². The summed E-state index contributed by atoms with van der Waals surface area (Å²) in [5, 5.41) is 0. The molecule has 0 atom stereocenters. The Balaban J connectivity index is 1.43. The third-order valence-corrected chi connectivity index (χ3v) is 5.21. The molecular weight excluding hydrogens is 358 g/mol. The molecule has 28 heavy (non-hydrogen) atoms. The summed E-state index contributed by atoms with van der Waals surface area (Å²) in [4.78, 5) is 41.3. The first-order valence-corrected chi connectivity index (χ1v) is 9.91. The van der Waals surface area contributed by atoms with Gasteiger partial charge < -0.3 is 14.6 Å². The molecule has 0 saturated carbocycles. The van der Waals surface area contributed by atoms with Crippen LogP contribution in [0.3, 0.4) is 0 Å². The third kappa shape index (κ3) is 4.46. The van der Waals surface area contributed by atoms with Gasteiger partial charge in [-0.3, -0.25) is 14.2 Å². The zero-order valence-electron chi connectivity index (χ0n) is 16.9. The number of carbonyl (C=O) groups is 2. The number of piperidine rings is 1. The summed E-state index contributed by atoms with van der Waals surface area (Å²) >= 11 is 0. The molecule has 7 heteroatoms. The highest BCUT2D eigenvalue weighted by molar-refractivity contribution is 5.82. The molecular formula is C21H29N3O4. The molecule has 1 saturated heterocycles. The summed E-state index contributed by atoms with van der Waals surface area (Å²) in [6, 6.07) is 7.53. The van der Waals surface area contributed by atoms with E-state index >= 15 is 0 Å². The molecule has 2 aromatic rings. The van der Waals surface area contributed by atoms with Gasteiger partial charge in [0.1, 0.15) is 0 Å². The molecule has 3 rings (SSSR count). The van der Waals surface area contributed by atoms with E-state index in [1.807, 2.05) is 49.9 Å². The number of amides is 1. The monoisotopic (exact) mass is 387 g/mol. The molecule has 2 heterocycles. The van der Waals surface area contributed by atoms with Crippen LogP contribution < -0.4 is 5.69 Å². The summed E-state index contributed by atoms with van der Waals surface area (Å²) in [7, 11) is 0. The highest BCUT2D eigenvalue weighted by Crippen LogP contribution is 2.24. The van der Waals surface area contributed by atoms with Gasteiger partial charge in [0.15, 0.2) is 0 Å². The summed E-state index contributed by atoms with van der Waals surface area (Å²) in [5.41, 5.74) is 1.12. The van der Waals surface area contributed by atoms with Crippen molar-refractivity contribution in [2.45, 2.75) is 46.6 Å². The number of aromatic amines is 1. The summed E-state index contributed by atoms with van der Waals surface area (Å²) in [6.45, 7) is 7.71. The van der Waals surface area contributed by atoms with Gasteiger partial charge in [-0.05, 0) is 31.4 Å². The van der Waals surface area contributed by atoms with E-state index in [9.17, 15) is 14.4 Å². The zero-order chi connectivity index (χ0) is 20.3. The molecule has 0 bridgehead atoms. The second-order valence-corrected chi connectivity index (χ2v) is 8.44. The van der Waals surface area contributed by atoms with Crippen molar-refractivity contribution in [1.29, 1.82) is 0 Å². The van der Waals surface area contributed by atoms with Crippen molar-refractivity contribution < 1.29 is 14.3 Å². The van der Waals surface area contributed by atoms with Gasteiger partial charge in [0.05, 0.1) is 23.6 Å². The second-order valence-electron chi connectivity index (χ2n) is 8.44. The molecule has 152 valence electrons. The molecule has 1 aromatic carbocycles. The van der Waals surface area contributed by atoms with Gasteiger partial charge in [0, 0.05) is 25.0 Å². The van der Waals surface area contributed by atoms with Crippen LogP contribution in [0.25, 0.3) is 11.0 Å². The minimum Gasteiger partial charge on any atom is -0.465 e. The first-order valence-electron chi connectivity index (χ1n) is 9.91. The van der Waals surface area contributed by atoms with Crippen LogP contribution in [0.15, 0.2) is 29.1 Å². The molecule has 0 radical (unpaired) electrons. The SMILES string of the molecule is CC(C)(C)C(=O)N1CCC(C(=O)OCCCn2c(=O)[nH]c3ccccc32)CC1.